The van der Waals surface area contributed by atoms with E-state index in [4.69, 9.17) is 14.2 Å². The fourth-order valence-corrected chi connectivity index (χ4v) is 4.61. The molecule has 1 aromatic carbocycles. The van der Waals surface area contributed by atoms with Crippen LogP contribution in [0.4, 0.5) is 0 Å². The first-order valence-electron chi connectivity index (χ1n) is 8.15. The van der Waals surface area contributed by atoms with Crippen molar-refractivity contribution in [3.05, 3.63) is 30.3 Å². The van der Waals surface area contributed by atoms with Crippen LogP contribution in [-0.4, -0.2) is 53.5 Å². The molecule has 9 heteroatoms. The maximum absolute atomic E-state index is 13.0. The molecule has 2 bridgehead atoms. The van der Waals surface area contributed by atoms with Gasteiger partial charge in [-0.05, 0) is 32.0 Å². The van der Waals surface area contributed by atoms with Crippen molar-refractivity contribution in [3.8, 4) is 5.75 Å². The summed E-state index contributed by atoms with van der Waals surface area (Å²) < 4.78 is 23.9. The van der Waals surface area contributed by atoms with Gasteiger partial charge in [0.15, 0.2) is 5.78 Å². The summed E-state index contributed by atoms with van der Waals surface area (Å²) in [5, 5.41) is 11.5. The number of hydrogen-bond donors (Lipinski definition) is 2. The van der Waals surface area contributed by atoms with Crippen molar-refractivity contribution in [3.63, 3.8) is 0 Å². The van der Waals surface area contributed by atoms with Gasteiger partial charge in [-0.25, -0.2) is 4.57 Å². The maximum Gasteiger partial charge on any atom is 0.459 e. The highest BCUT2D eigenvalue weighted by molar-refractivity contribution is 7.52. The molecule has 0 aliphatic carbocycles. The molecule has 0 amide bonds. The van der Waals surface area contributed by atoms with Gasteiger partial charge in [-0.15, -0.1) is 0 Å². The number of para-hydroxylation sites is 1. The molecule has 0 aromatic heterocycles. The van der Waals surface area contributed by atoms with E-state index in [2.05, 4.69) is 5.09 Å². The number of hydrogen-bond acceptors (Lipinski definition) is 6. The minimum absolute atomic E-state index is 0.0222. The molecule has 1 aromatic rings. The lowest BCUT2D eigenvalue weighted by Crippen LogP contribution is -2.41. The third-order valence-electron chi connectivity index (χ3n) is 4.48. The SMILES string of the molecule is C[C@H](NP(=O)(OCC1C(=O)[C@H]2CCN1C2)Oc1ccccc1)C(=O)O. The van der Waals surface area contributed by atoms with Crippen molar-refractivity contribution in [2.45, 2.75) is 25.4 Å². The molecule has 2 N–H and O–H groups in total. The number of nitrogens with zero attached hydrogens (tertiary/aromatic N) is 1. The minimum Gasteiger partial charge on any atom is -0.480 e. The van der Waals surface area contributed by atoms with Crippen LogP contribution in [0.2, 0.25) is 0 Å². The van der Waals surface area contributed by atoms with Gasteiger partial charge in [0, 0.05) is 12.5 Å². The predicted molar refractivity (Wildman–Crippen MR) is 89.3 cm³/mol. The van der Waals surface area contributed by atoms with E-state index >= 15 is 0 Å². The second kappa shape index (κ2) is 7.25. The van der Waals surface area contributed by atoms with Crippen LogP contribution in [0.15, 0.2) is 30.3 Å². The molecular formula is C16H21N2O6P. The molecule has 3 rings (SSSR count). The van der Waals surface area contributed by atoms with E-state index in [1.54, 1.807) is 30.3 Å². The molecule has 8 nitrogen and oxygen atoms in total. The van der Waals surface area contributed by atoms with E-state index < -0.39 is 25.8 Å². The predicted octanol–water partition coefficient (Wildman–Crippen LogP) is 1.53. The molecule has 0 radical (unpaired) electrons. The Morgan fingerprint density at radius 2 is 2.16 bits per heavy atom. The van der Waals surface area contributed by atoms with Crippen molar-refractivity contribution >= 4 is 19.5 Å². The molecule has 5 atom stereocenters. The number of carbonyl (C=O) groups is 2. The molecular weight excluding hydrogens is 347 g/mol. The number of carbonyl (C=O) groups excluding carboxylic acids is 1. The fourth-order valence-electron chi connectivity index (χ4n) is 3.11. The third kappa shape index (κ3) is 4.10. The number of benzene rings is 1. The zero-order valence-corrected chi connectivity index (χ0v) is 14.7. The average Bonchev–Trinajstić information content (AvgIpc) is 3.15. The van der Waals surface area contributed by atoms with Crippen LogP contribution in [0.5, 0.6) is 5.75 Å². The Balaban J connectivity index is 1.70. The highest BCUT2D eigenvalue weighted by Gasteiger charge is 2.46. The number of carboxylic acid groups (broad SMARTS) is 1. The number of Topliss-reactive ketones (excluding diaryl/α,β-unsaturated/α-hetero) is 1. The Labute approximate surface area is 145 Å². The van der Waals surface area contributed by atoms with Crippen LogP contribution in [0.1, 0.15) is 13.3 Å². The van der Waals surface area contributed by atoms with E-state index in [1.807, 2.05) is 4.90 Å². The Morgan fingerprint density at radius 1 is 1.44 bits per heavy atom. The topological polar surface area (TPSA) is 105 Å². The maximum atomic E-state index is 13.0. The molecule has 2 saturated heterocycles. The summed E-state index contributed by atoms with van der Waals surface area (Å²) in [6, 6.07) is 6.77. The Bertz CT molecular complexity index is 697. The Kier molecular flexibility index (Phi) is 5.24. The lowest BCUT2D eigenvalue weighted by molar-refractivity contribution is -0.138. The monoisotopic (exact) mass is 368 g/mol. The standard InChI is InChI=1S/C16H21N2O6P/c1-11(16(20)21)17-25(22,24-13-5-3-2-4-6-13)23-10-14-15(19)12-7-8-18(14)9-12/h2-6,11-12,14H,7-10H2,1H3,(H,17,22)(H,20,21)/t11-,12-,14?,25?/m0/s1. The van der Waals surface area contributed by atoms with Crippen molar-refractivity contribution in [2.24, 2.45) is 5.92 Å². The molecule has 0 saturated carbocycles. The van der Waals surface area contributed by atoms with Gasteiger partial charge in [-0.3, -0.25) is 19.0 Å². The summed E-state index contributed by atoms with van der Waals surface area (Å²) in [6.45, 7) is 2.76. The van der Waals surface area contributed by atoms with Gasteiger partial charge in [-0.1, -0.05) is 18.2 Å². The molecule has 25 heavy (non-hydrogen) atoms. The summed E-state index contributed by atoms with van der Waals surface area (Å²) in [4.78, 5) is 25.3. The van der Waals surface area contributed by atoms with Crippen LogP contribution in [0.25, 0.3) is 0 Å². The largest absolute Gasteiger partial charge is 0.480 e. The number of carboxylic acids is 1. The van der Waals surface area contributed by atoms with E-state index in [0.717, 1.165) is 13.0 Å². The van der Waals surface area contributed by atoms with Crippen LogP contribution in [0.3, 0.4) is 0 Å². The van der Waals surface area contributed by atoms with Crippen LogP contribution < -0.4 is 9.61 Å². The lowest BCUT2D eigenvalue weighted by Gasteiger charge is -2.27. The zero-order valence-electron chi connectivity index (χ0n) is 13.8. The third-order valence-corrected chi connectivity index (χ3v) is 6.13. The van der Waals surface area contributed by atoms with Gasteiger partial charge >= 0.3 is 13.7 Å². The second-order valence-corrected chi connectivity index (χ2v) is 7.98. The van der Waals surface area contributed by atoms with Gasteiger partial charge in [0.1, 0.15) is 11.8 Å². The van der Waals surface area contributed by atoms with Crippen molar-refractivity contribution in [1.29, 1.82) is 0 Å². The molecule has 0 spiro atoms. The molecule has 2 aliphatic rings. The summed E-state index contributed by atoms with van der Waals surface area (Å²) in [6.07, 6.45) is 0.849. The minimum atomic E-state index is -3.96. The van der Waals surface area contributed by atoms with Gasteiger partial charge in [-0.2, -0.15) is 5.09 Å². The van der Waals surface area contributed by atoms with E-state index in [0.29, 0.717) is 6.54 Å². The Morgan fingerprint density at radius 3 is 2.76 bits per heavy atom. The Hall–Kier alpha value is -1.73. The van der Waals surface area contributed by atoms with Gasteiger partial charge in [0.05, 0.1) is 12.6 Å². The highest BCUT2D eigenvalue weighted by Crippen LogP contribution is 2.45. The summed E-state index contributed by atoms with van der Waals surface area (Å²) in [5.74, 6) is -0.784. The van der Waals surface area contributed by atoms with Gasteiger partial charge in [0.25, 0.3) is 0 Å². The number of fused-ring (bicyclic) bond motifs is 2. The molecule has 2 fully saturated rings. The van der Waals surface area contributed by atoms with E-state index in [9.17, 15) is 14.2 Å². The average molecular weight is 368 g/mol. The number of ketones is 1. The van der Waals surface area contributed by atoms with Crippen LogP contribution >= 0.6 is 7.75 Å². The van der Waals surface area contributed by atoms with Crippen LogP contribution in [-0.2, 0) is 18.7 Å². The van der Waals surface area contributed by atoms with Gasteiger partial charge < -0.3 is 9.63 Å². The van der Waals surface area contributed by atoms with Crippen molar-refractivity contribution < 1.29 is 28.3 Å². The first-order valence-corrected chi connectivity index (χ1v) is 9.70. The van der Waals surface area contributed by atoms with E-state index in [1.165, 1.54) is 6.92 Å². The van der Waals surface area contributed by atoms with Crippen molar-refractivity contribution in [2.75, 3.05) is 19.7 Å². The number of aliphatic carboxylic acids is 1. The molecule has 136 valence electrons. The first kappa shape index (κ1) is 18.1. The van der Waals surface area contributed by atoms with Crippen LogP contribution in [0, 0.1) is 5.92 Å². The molecule has 2 heterocycles. The summed E-state index contributed by atoms with van der Waals surface area (Å²) >= 11 is 0. The quantitative estimate of drug-likeness (QED) is 0.666. The zero-order chi connectivity index (χ0) is 18.0. The first-order chi connectivity index (χ1) is 11.9. The summed E-state index contributed by atoms with van der Waals surface area (Å²) in [5.41, 5.74) is 0. The van der Waals surface area contributed by atoms with Gasteiger partial charge in [0.2, 0.25) is 0 Å². The second-order valence-electron chi connectivity index (χ2n) is 6.29. The number of rotatable bonds is 8. The number of nitrogens with one attached hydrogen (secondary N) is 1. The molecule has 3 unspecified atom stereocenters. The van der Waals surface area contributed by atoms with E-state index in [-0.39, 0.29) is 24.1 Å². The number of piperidine rings is 1. The lowest BCUT2D eigenvalue weighted by atomic mass is 9.99. The summed E-state index contributed by atoms with van der Waals surface area (Å²) in [7, 11) is -3.96. The smallest absolute Gasteiger partial charge is 0.459 e. The molecule has 2 aliphatic heterocycles. The van der Waals surface area contributed by atoms with Crippen molar-refractivity contribution in [1.82, 2.24) is 9.99 Å². The fraction of sp³-hybridized carbons (Fsp3) is 0.500. The normalized spacial score (nSPS) is 28.5. The highest BCUT2D eigenvalue weighted by atomic mass is 31.2.